The average Bonchev–Trinajstić information content (AvgIpc) is 3.00. The van der Waals surface area contributed by atoms with Crippen LogP contribution < -0.4 is 10.1 Å². The molecule has 0 bridgehead atoms. The lowest BCUT2D eigenvalue weighted by molar-refractivity contribution is -0.139. The predicted octanol–water partition coefficient (Wildman–Crippen LogP) is 1.36. The highest BCUT2D eigenvalue weighted by molar-refractivity contribution is 5.79. The number of carboxylic acids is 1. The molecule has 1 heterocycles. The zero-order chi connectivity index (χ0) is 15.2. The van der Waals surface area contributed by atoms with Crippen molar-refractivity contribution in [2.45, 2.75) is 19.4 Å². The van der Waals surface area contributed by atoms with Gasteiger partial charge in [0.15, 0.2) is 6.61 Å². The van der Waals surface area contributed by atoms with Crippen molar-refractivity contribution in [3.8, 4) is 5.75 Å². The van der Waals surface area contributed by atoms with E-state index in [1.54, 1.807) is 12.1 Å². The van der Waals surface area contributed by atoms with Gasteiger partial charge in [-0.2, -0.15) is 0 Å². The van der Waals surface area contributed by atoms with E-state index in [9.17, 15) is 9.59 Å². The summed E-state index contributed by atoms with van der Waals surface area (Å²) in [5, 5.41) is 11.5. The van der Waals surface area contributed by atoms with Crippen molar-refractivity contribution in [3.63, 3.8) is 0 Å². The maximum Gasteiger partial charge on any atom is 0.341 e. The largest absolute Gasteiger partial charge is 0.482 e. The zero-order valence-electron chi connectivity index (χ0n) is 11.9. The van der Waals surface area contributed by atoms with E-state index in [2.05, 4.69) is 5.32 Å². The lowest BCUT2D eigenvalue weighted by Crippen LogP contribution is -2.33. The summed E-state index contributed by atoms with van der Waals surface area (Å²) in [6.07, 6.45) is 0.764. The normalized spacial score (nSPS) is 19.0. The van der Waals surface area contributed by atoms with Crippen LogP contribution in [0.4, 0.5) is 0 Å². The van der Waals surface area contributed by atoms with Gasteiger partial charge in [0.25, 0.3) is 0 Å². The molecule has 2 rings (SSSR count). The molecule has 2 atom stereocenters. The van der Waals surface area contributed by atoms with Crippen molar-refractivity contribution in [1.82, 2.24) is 5.32 Å². The van der Waals surface area contributed by atoms with Crippen molar-refractivity contribution >= 4 is 11.9 Å². The van der Waals surface area contributed by atoms with Crippen molar-refractivity contribution in [3.05, 3.63) is 29.8 Å². The number of rotatable bonds is 6. The Hall–Kier alpha value is -2.08. The number of nitrogens with one attached hydrogen (secondary N) is 1. The number of aliphatic carboxylic acids is 1. The molecule has 0 radical (unpaired) electrons. The summed E-state index contributed by atoms with van der Waals surface area (Å²) < 4.78 is 10.3. The first kappa shape index (κ1) is 15.3. The van der Waals surface area contributed by atoms with Crippen LogP contribution in [-0.4, -0.2) is 36.8 Å². The average molecular weight is 293 g/mol. The van der Waals surface area contributed by atoms with Crippen LogP contribution in [0, 0.1) is 5.92 Å². The molecule has 114 valence electrons. The molecule has 1 aromatic carbocycles. The van der Waals surface area contributed by atoms with Gasteiger partial charge in [0, 0.05) is 6.61 Å². The highest BCUT2D eigenvalue weighted by atomic mass is 16.5. The van der Waals surface area contributed by atoms with Crippen molar-refractivity contribution in [2.75, 3.05) is 19.8 Å². The monoisotopic (exact) mass is 293 g/mol. The Balaban J connectivity index is 1.88. The first-order valence-corrected chi connectivity index (χ1v) is 6.89. The fourth-order valence-electron chi connectivity index (χ4n) is 2.15. The molecule has 2 unspecified atom stereocenters. The molecule has 1 saturated heterocycles. The summed E-state index contributed by atoms with van der Waals surface area (Å²) in [5.41, 5.74) is 0.935. The van der Waals surface area contributed by atoms with E-state index in [1.165, 1.54) is 0 Å². The lowest BCUT2D eigenvalue weighted by Gasteiger charge is -2.17. The van der Waals surface area contributed by atoms with E-state index in [1.807, 2.05) is 19.1 Å². The third-order valence-electron chi connectivity index (χ3n) is 3.40. The Morgan fingerprint density at radius 2 is 2.14 bits per heavy atom. The van der Waals surface area contributed by atoms with Gasteiger partial charge in [0.05, 0.1) is 18.6 Å². The Bertz CT molecular complexity index is 493. The Morgan fingerprint density at radius 1 is 1.43 bits per heavy atom. The summed E-state index contributed by atoms with van der Waals surface area (Å²) >= 11 is 0. The number of carboxylic acid groups (broad SMARTS) is 1. The third kappa shape index (κ3) is 4.46. The van der Waals surface area contributed by atoms with Gasteiger partial charge in [0.1, 0.15) is 5.75 Å². The van der Waals surface area contributed by atoms with Gasteiger partial charge in [-0.05, 0) is 31.0 Å². The SMILES string of the molecule is CC(NC(=O)C1CCOC1)c1ccc(OCC(=O)O)cc1. The molecule has 6 nitrogen and oxygen atoms in total. The number of amides is 1. The standard InChI is InChI=1S/C15H19NO5/c1-10(16-15(19)12-6-7-20-8-12)11-2-4-13(5-3-11)21-9-14(17)18/h2-5,10,12H,6-9H2,1H3,(H,16,19)(H,17,18). The molecule has 0 spiro atoms. The number of ether oxygens (including phenoxy) is 2. The summed E-state index contributed by atoms with van der Waals surface area (Å²) in [7, 11) is 0. The maximum absolute atomic E-state index is 12.0. The molecule has 1 amide bonds. The van der Waals surface area contributed by atoms with E-state index >= 15 is 0 Å². The molecule has 0 saturated carbocycles. The number of carbonyl (C=O) groups is 2. The molecular weight excluding hydrogens is 274 g/mol. The van der Waals surface area contributed by atoms with Gasteiger partial charge in [0.2, 0.25) is 5.91 Å². The molecule has 1 aliphatic heterocycles. The van der Waals surface area contributed by atoms with Crippen LogP contribution in [-0.2, 0) is 14.3 Å². The molecule has 6 heteroatoms. The predicted molar refractivity (Wildman–Crippen MR) is 75.1 cm³/mol. The summed E-state index contributed by atoms with van der Waals surface area (Å²) in [5.74, 6) is -0.584. The minimum atomic E-state index is -1.02. The number of hydrogen-bond donors (Lipinski definition) is 2. The fourth-order valence-corrected chi connectivity index (χ4v) is 2.15. The van der Waals surface area contributed by atoms with Gasteiger partial charge in [-0.1, -0.05) is 12.1 Å². The quantitative estimate of drug-likeness (QED) is 0.827. The third-order valence-corrected chi connectivity index (χ3v) is 3.40. The highest BCUT2D eigenvalue weighted by Gasteiger charge is 2.24. The molecular formula is C15H19NO5. The molecule has 1 aromatic rings. The second-order valence-electron chi connectivity index (χ2n) is 5.04. The van der Waals surface area contributed by atoms with Crippen LogP contribution in [0.2, 0.25) is 0 Å². The minimum Gasteiger partial charge on any atom is -0.482 e. The van der Waals surface area contributed by atoms with Crippen molar-refractivity contribution in [1.29, 1.82) is 0 Å². The number of benzene rings is 1. The Kier molecular flexibility index (Phi) is 5.16. The number of hydrogen-bond acceptors (Lipinski definition) is 4. The topological polar surface area (TPSA) is 84.9 Å². The van der Waals surface area contributed by atoms with Crippen molar-refractivity contribution < 1.29 is 24.2 Å². The highest BCUT2D eigenvalue weighted by Crippen LogP contribution is 2.19. The maximum atomic E-state index is 12.0. The lowest BCUT2D eigenvalue weighted by atomic mass is 10.1. The van der Waals surface area contributed by atoms with Gasteiger partial charge >= 0.3 is 5.97 Å². The van der Waals surface area contributed by atoms with Crippen LogP contribution in [0.5, 0.6) is 5.75 Å². The van der Waals surface area contributed by atoms with E-state index in [4.69, 9.17) is 14.6 Å². The Morgan fingerprint density at radius 3 is 2.71 bits per heavy atom. The van der Waals surface area contributed by atoms with Gasteiger partial charge < -0.3 is 19.9 Å². The molecule has 1 fully saturated rings. The van der Waals surface area contributed by atoms with Gasteiger partial charge in [-0.15, -0.1) is 0 Å². The van der Waals surface area contributed by atoms with Crippen LogP contribution in [0.25, 0.3) is 0 Å². The summed E-state index contributed by atoms with van der Waals surface area (Å²) in [6, 6.07) is 6.89. The fraction of sp³-hybridized carbons (Fsp3) is 0.467. The van der Waals surface area contributed by atoms with Crippen molar-refractivity contribution in [2.24, 2.45) is 5.92 Å². The van der Waals surface area contributed by atoms with E-state index < -0.39 is 5.97 Å². The van der Waals surface area contributed by atoms with E-state index in [0.29, 0.717) is 19.0 Å². The minimum absolute atomic E-state index is 0.00574. The first-order valence-electron chi connectivity index (χ1n) is 6.89. The first-order chi connectivity index (χ1) is 10.1. The van der Waals surface area contributed by atoms with Gasteiger partial charge in [-0.3, -0.25) is 4.79 Å². The van der Waals surface area contributed by atoms with Crippen LogP contribution in [0.1, 0.15) is 24.9 Å². The smallest absolute Gasteiger partial charge is 0.341 e. The second kappa shape index (κ2) is 7.08. The van der Waals surface area contributed by atoms with Crippen LogP contribution >= 0.6 is 0 Å². The van der Waals surface area contributed by atoms with Crippen LogP contribution in [0.15, 0.2) is 24.3 Å². The second-order valence-corrected chi connectivity index (χ2v) is 5.04. The van der Waals surface area contributed by atoms with Crippen LogP contribution in [0.3, 0.4) is 0 Å². The molecule has 0 aliphatic carbocycles. The molecule has 21 heavy (non-hydrogen) atoms. The molecule has 1 aliphatic rings. The number of carbonyl (C=O) groups excluding carboxylic acids is 1. The Labute approximate surface area is 123 Å². The summed E-state index contributed by atoms with van der Waals surface area (Å²) in [4.78, 5) is 22.4. The molecule has 2 N–H and O–H groups in total. The van der Waals surface area contributed by atoms with E-state index in [0.717, 1.165) is 12.0 Å². The van der Waals surface area contributed by atoms with E-state index in [-0.39, 0.29) is 24.5 Å². The zero-order valence-corrected chi connectivity index (χ0v) is 11.9. The molecule has 0 aromatic heterocycles. The van der Waals surface area contributed by atoms with Gasteiger partial charge in [-0.25, -0.2) is 4.79 Å². The summed E-state index contributed by atoms with van der Waals surface area (Å²) in [6.45, 7) is 2.66.